The third-order valence-electron chi connectivity index (χ3n) is 3.84. The Kier molecular flexibility index (Phi) is 5.96. The van der Waals surface area contributed by atoms with Crippen molar-refractivity contribution < 1.29 is 9.53 Å². The van der Waals surface area contributed by atoms with Gasteiger partial charge in [0.1, 0.15) is 0 Å². The molecule has 3 aromatic rings. The van der Waals surface area contributed by atoms with E-state index < -0.39 is 5.97 Å². The van der Waals surface area contributed by atoms with E-state index in [2.05, 4.69) is 20.3 Å². The fraction of sp³-hybridized carbons (Fsp3) is 0.143. The van der Waals surface area contributed by atoms with Gasteiger partial charge in [-0.1, -0.05) is 47.5 Å². The Bertz CT molecular complexity index is 983. The second-order valence-electron chi connectivity index (χ2n) is 6.28. The number of nitrogens with two attached hydrogens (primary N) is 1. The molecule has 1 aromatic heterocycles. The largest absolute Gasteiger partial charge is 0.454 e. The highest BCUT2D eigenvalue weighted by atomic mass is 16.5. The summed E-state index contributed by atoms with van der Waals surface area (Å²) >= 11 is 0. The number of esters is 1. The number of aromatic nitrogens is 3. The van der Waals surface area contributed by atoms with Gasteiger partial charge in [0.25, 0.3) is 0 Å². The smallest absolute Gasteiger partial charge is 0.331 e. The van der Waals surface area contributed by atoms with Gasteiger partial charge in [-0.3, -0.25) is 0 Å². The van der Waals surface area contributed by atoms with Crippen LogP contribution in [0.1, 0.15) is 22.5 Å². The topological polar surface area (TPSA) is 103 Å². The number of anilines is 3. The first-order chi connectivity index (χ1) is 13.5. The van der Waals surface area contributed by atoms with Crippen molar-refractivity contribution in [3.05, 3.63) is 77.1 Å². The quantitative estimate of drug-likeness (QED) is 0.501. The van der Waals surface area contributed by atoms with Crippen LogP contribution in [0.5, 0.6) is 0 Å². The third-order valence-corrected chi connectivity index (χ3v) is 3.84. The van der Waals surface area contributed by atoms with Gasteiger partial charge < -0.3 is 15.8 Å². The molecule has 7 nitrogen and oxygen atoms in total. The minimum absolute atomic E-state index is 0.0471. The molecule has 142 valence electrons. The lowest BCUT2D eigenvalue weighted by Crippen LogP contribution is -2.10. The Hall–Kier alpha value is -3.74. The van der Waals surface area contributed by atoms with Crippen molar-refractivity contribution in [3.63, 3.8) is 0 Å². The van der Waals surface area contributed by atoms with E-state index in [1.54, 1.807) is 6.08 Å². The summed E-state index contributed by atoms with van der Waals surface area (Å²) in [6.07, 6.45) is 3.05. The van der Waals surface area contributed by atoms with Crippen molar-refractivity contribution in [2.24, 2.45) is 0 Å². The highest BCUT2D eigenvalue weighted by Crippen LogP contribution is 2.14. The van der Waals surface area contributed by atoms with E-state index in [-0.39, 0.29) is 24.3 Å². The fourth-order valence-electron chi connectivity index (χ4n) is 2.35. The number of carbonyl (C=O) groups is 1. The molecule has 28 heavy (non-hydrogen) atoms. The Morgan fingerprint density at radius 1 is 1.00 bits per heavy atom. The fourth-order valence-corrected chi connectivity index (χ4v) is 2.35. The number of benzene rings is 2. The summed E-state index contributed by atoms with van der Waals surface area (Å²) in [4.78, 5) is 24.2. The third kappa shape index (κ3) is 5.63. The second-order valence-corrected chi connectivity index (χ2v) is 6.28. The number of ether oxygens (including phenoxy) is 1. The maximum Gasteiger partial charge on any atom is 0.331 e. The summed E-state index contributed by atoms with van der Waals surface area (Å²) in [6.45, 7) is 3.90. The van der Waals surface area contributed by atoms with Crippen molar-refractivity contribution in [1.82, 2.24) is 15.0 Å². The number of carbonyl (C=O) groups excluding carboxylic acids is 1. The van der Waals surface area contributed by atoms with Gasteiger partial charge in [0, 0.05) is 11.8 Å². The maximum absolute atomic E-state index is 11.9. The molecule has 0 unspecified atom stereocenters. The lowest BCUT2D eigenvalue weighted by molar-refractivity contribution is -0.139. The van der Waals surface area contributed by atoms with Crippen LogP contribution in [0.2, 0.25) is 0 Å². The van der Waals surface area contributed by atoms with Gasteiger partial charge in [-0.15, -0.1) is 0 Å². The molecule has 0 saturated heterocycles. The molecule has 0 saturated carbocycles. The molecule has 0 radical (unpaired) electrons. The van der Waals surface area contributed by atoms with Crippen LogP contribution in [-0.4, -0.2) is 20.9 Å². The molecule has 0 aliphatic carbocycles. The summed E-state index contributed by atoms with van der Waals surface area (Å²) < 4.78 is 5.19. The zero-order chi connectivity index (χ0) is 19.9. The average Bonchev–Trinajstić information content (AvgIpc) is 2.67. The number of rotatable bonds is 6. The molecule has 1 heterocycles. The summed E-state index contributed by atoms with van der Waals surface area (Å²) in [5.41, 5.74) is 9.77. The summed E-state index contributed by atoms with van der Waals surface area (Å²) in [5.74, 6) is 0.107. The summed E-state index contributed by atoms with van der Waals surface area (Å²) in [5, 5.41) is 3.05. The van der Waals surface area contributed by atoms with Crippen LogP contribution in [0.15, 0.2) is 54.6 Å². The maximum atomic E-state index is 11.9. The molecule has 2 aromatic carbocycles. The SMILES string of the molecule is Cc1ccc(/C=C/C(=O)OCc2nc(N)nc(Nc3ccc(C)cc3)n2)cc1. The molecule has 0 spiro atoms. The minimum atomic E-state index is -0.493. The number of hydrogen-bond donors (Lipinski definition) is 2. The van der Waals surface area contributed by atoms with Crippen LogP contribution in [0.3, 0.4) is 0 Å². The lowest BCUT2D eigenvalue weighted by atomic mass is 10.1. The van der Waals surface area contributed by atoms with E-state index in [1.807, 2.05) is 62.4 Å². The lowest BCUT2D eigenvalue weighted by Gasteiger charge is -2.07. The normalized spacial score (nSPS) is 10.8. The Morgan fingerprint density at radius 3 is 2.32 bits per heavy atom. The van der Waals surface area contributed by atoms with E-state index in [1.165, 1.54) is 6.08 Å². The van der Waals surface area contributed by atoms with Crippen LogP contribution in [0.25, 0.3) is 6.08 Å². The number of nitrogens with one attached hydrogen (secondary N) is 1. The first kappa shape index (κ1) is 19.0. The van der Waals surface area contributed by atoms with Crippen LogP contribution in [-0.2, 0) is 16.1 Å². The van der Waals surface area contributed by atoms with Gasteiger partial charge in [0.2, 0.25) is 11.9 Å². The van der Waals surface area contributed by atoms with Gasteiger partial charge in [-0.05, 0) is 37.6 Å². The monoisotopic (exact) mass is 375 g/mol. The molecule has 0 aliphatic heterocycles. The van der Waals surface area contributed by atoms with Crippen molar-refractivity contribution in [2.75, 3.05) is 11.1 Å². The molecule has 7 heteroatoms. The molecular weight excluding hydrogens is 354 g/mol. The standard InChI is InChI=1S/C21H21N5O2/c1-14-3-7-16(8-4-14)9-12-19(27)28-13-18-24-20(22)26-21(25-18)23-17-10-5-15(2)6-11-17/h3-12H,13H2,1-2H3,(H3,22,23,24,25,26)/b12-9+. The number of nitrogens with zero attached hydrogens (tertiary/aromatic N) is 3. The van der Waals surface area contributed by atoms with Gasteiger partial charge in [0.05, 0.1) is 0 Å². The minimum Gasteiger partial charge on any atom is -0.454 e. The summed E-state index contributed by atoms with van der Waals surface area (Å²) in [6, 6.07) is 15.5. The second kappa shape index (κ2) is 8.77. The summed E-state index contributed by atoms with van der Waals surface area (Å²) in [7, 11) is 0. The number of nitrogen functional groups attached to an aromatic ring is 1. The first-order valence-electron chi connectivity index (χ1n) is 8.73. The van der Waals surface area contributed by atoms with Crippen molar-refractivity contribution in [1.29, 1.82) is 0 Å². The van der Waals surface area contributed by atoms with E-state index >= 15 is 0 Å². The van der Waals surface area contributed by atoms with Crippen LogP contribution < -0.4 is 11.1 Å². The van der Waals surface area contributed by atoms with Gasteiger partial charge >= 0.3 is 5.97 Å². The molecule has 0 aliphatic rings. The average molecular weight is 375 g/mol. The number of aryl methyl sites for hydroxylation is 2. The van der Waals surface area contributed by atoms with Crippen molar-refractivity contribution in [3.8, 4) is 0 Å². The predicted molar refractivity (Wildman–Crippen MR) is 109 cm³/mol. The van der Waals surface area contributed by atoms with Crippen LogP contribution in [0.4, 0.5) is 17.6 Å². The molecule has 3 rings (SSSR count). The van der Waals surface area contributed by atoms with Crippen molar-refractivity contribution in [2.45, 2.75) is 20.5 Å². The van der Waals surface area contributed by atoms with E-state index in [0.717, 1.165) is 22.4 Å². The molecule has 0 amide bonds. The number of hydrogen-bond acceptors (Lipinski definition) is 7. The Morgan fingerprint density at radius 2 is 1.64 bits per heavy atom. The van der Waals surface area contributed by atoms with Crippen molar-refractivity contribution >= 4 is 29.6 Å². The van der Waals surface area contributed by atoms with E-state index in [9.17, 15) is 4.79 Å². The van der Waals surface area contributed by atoms with Gasteiger partial charge in [0.15, 0.2) is 12.4 Å². The van der Waals surface area contributed by atoms with Gasteiger partial charge in [-0.2, -0.15) is 15.0 Å². The molecular formula is C21H21N5O2. The molecule has 0 bridgehead atoms. The highest BCUT2D eigenvalue weighted by molar-refractivity contribution is 5.87. The zero-order valence-electron chi connectivity index (χ0n) is 15.7. The van der Waals surface area contributed by atoms with Gasteiger partial charge in [-0.25, -0.2) is 4.79 Å². The zero-order valence-corrected chi connectivity index (χ0v) is 15.7. The Balaban J connectivity index is 1.60. The van der Waals surface area contributed by atoms with Crippen LogP contribution in [0, 0.1) is 13.8 Å². The molecule has 3 N–H and O–H groups in total. The highest BCUT2D eigenvalue weighted by Gasteiger charge is 2.07. The van der Waals surface area contributed by atoms with E-state index in [0.29, 0.717) is 0 Å². The van der Waals surface area contributed by atoms with E-state index in [4.69, 9.17) is 10.5 Å². The molecule has 0 atom stereocenters. The van der Waals surface area contributed by atoms with Crippen LogP contribution >= 0.6 is 0 Å². The molecule has 0 fully saturated rings. The predicted octanol–water partition coefficient (Wildman–Crippen LogP) is 3.57. The Labute approximate surface area is 163 Å². The first-order valence-corrected chi connectivity index (χ1v) is 8.73.